The van der Waals surface area contributed by atoms with Crippen molar-refractivity contribution in [2.75, 3.05) is 66.7 Å². The molecule has 2 aliphatic rings. The van der Waals surface area contributed by atoms with Crippen LogP contribution in [0.3, 0.4) is 0 Å². The fourth-order valence-electron chi connectivity index (χ4n) is 4.01. The Labute approximate surface area is 198 Å². The number of morpholine rings is 1. The van der Waals surface area contributed by atoms with E-state index in [-0.39, 0.29) is 24.0 Å². The van der Waals surface area contributed by atoms with Crippen LogP contribution in [0, 0.1) is 5.92 Å². The first-order valence-corrected chi connectivity index (χ1v) is 10.7. The molecule has 0 aromatic heterocycles. The van der Waals surface area contributed by atoms with Crippen LogP contribution < -0.4 is 14.8 Å². The first-order valence-electron chi connectivity index (χ1n) is 10.7. The summed E-state index contributed by atoms with van der Waals surface area (Å²) < 4.78 is 16.4. The molecule has 0 saturated carbocycles. The molecule has 3 rings (SSSR count). The van der Waals surface area contributed by atoms with E-state index in [9.17, 15) is 0 Å². The van der Waals surface area contributed by atoms with Crippen LogP contribution in [0.2, 0.25) is 0 Å². The summed E-state index contributed by atoms with van der Waals surface area (Å²) in [5.41, 5.74) is 2.61. The molecule has 1 atom stereocenters. The molecule has 0 aliphatic carbocycles. The van der Waals surface area contributed by atoms with E-state index in [4.69, 9.17) is 19.2 Å². The van der Waals surface area contributed by atoms with Crippen molar-refractivity contribution < 1.29 is 14.2 Å². The zero-order valence-corrected chi connectivity index (χ0v) is 21.1. The molecule has 1 saturated heterocycles. The molecule has 2 heterocycles. The van der Waals surface area contributed by atoms with Gasteiger partial charge in [-0.05, 0) is 42.5 Å². The fourth-order valence-corrected chi connectivity index (χ4v) is 4.01. The van der Waals surface area contributed by atoms with Gasteiger partial charge in [-0.2, -0.15) is 0 Å². The number of hydrogen-bond donors (Lipinski definition) is 1. The Morgan fingerprint density at radius 2 is 1.80 bits per heavy atom. The van der Waals surface area contributed by atoms with Gasteiger partial charge >= 0.3 is 0 Å². The van der Waals surface area contributed by atoms with Gasteiger partial charge in [0.1, 0.15) is 0 Å². The summed E-state index contributed by atoms with van der Waals surface area (Å²) in [6.45, 7) is 12.7. The van der Waals surface area contributed by atoms with Gasteiger partial charge in [0.25, 0.3) is 0 Å². The van der Waals surface area contributed by atoms with E-state index in [2.05, 4.69) is 41.1 Å². The highest BCUT2D eigenvalue weighted by atomic mass is 127. The van der Waals surface area contributed by atoms with Crippen LogP contribution in [-0.4, -0.2) is 82.5 Å². The lowest BCUT2D eigenvalue weighted by molar-refractivity contribution is 0.0323. The molecular formula is C22H37IN4O3. The molecule has 0 amide bonds. The third kappa shape index (κ3) is 6.62. The van der Waals surface area contributed by atoms with Crippen molar-refractivity contribution in [2.24, 2.45) is 10.9 Å². The summed E-state index contributed by atoms with van der Waals surface area (Å²) in [5.74, 6) is 3.11. The molecule has 170 valence electrons. The van der Waals surface area contributed by atoms with Crippen LogP contribution in [0.5, 0.6) is 11.5 Å². The van der Waals surface area contributed by atoms with Crippen molar-refractivity contribution in [1.82, 2.24) is 15.1 Å². The predicted molar refractivity (Wildman–Crippen MR) is 131 cm³/mol. The van der Waals surface area contributed by atoms with Crippen molar-refractivity contribution in [3.8, 4) is 11.5 Å². The second-order valence-electron chi connectivity index (χ2n) is 7.86. The van der Waals surface area contributed by atoms with Crippen molar-refractivity contribution >= 4 is 29.9 Å². The highest BCUT2D eigenvalue weighted by Crippen LogP contribution is 2.33. The maximum atomic E-state index is 5.49. The number of rotatable bonds is 7. The number of nitrogens with zero attached hydrogens (tertiary/aromatic N) is 3. The van der Waals surface area contributed by atoms with Gasteiger partial charge in [-0.15, -0.1) is 24.0 Å². The predicted octanol–water partition coefficient (Wildman–Crippen LogP) is 2.61. The standard InChI is InChI=1S/C22H36N4O3.HI/c1-5-23-22(24-14-17(2)15-25-8-10-29-11-9-25)26-7-6-18-12-20(27-3)21(28-4)13-19(18)16-26;/h12-13,17H,5-11,14-16H2,1-4H3,(H,23,24);1H. The van der Waals surface area contributed by atoms with Crippen LogP contribution >= 0.6 is 24.0 Å². The zero-order chi connectivity index (χ0) is 20.6. The number of nitrogens with one attached hydrogen (secondary N) is 1. The van der Waals surface area contributed by atoms with Crippen LogP contribution in [0.15, 0.2) is 17.1 Å². The maximum absolute atomic E-state index is 5.49. The molecule has 1 fully saturated rings. The summed E-state index contributed by atoms with van der Waals surface area (Å²) in [5, 5.41) is 3.48. The molecule has 2 aliphatic heterocycles. The third-order valence-corrected chi connectivity index (χ3v) is 5.58. The average molecular weight is 532 g/mol. The van der Waals surface area contributed by atoms with E-state index in [0.29, 0.717) is 5.92 Å². The second kappa shape index (κ2) is 12.6. The number of guanidine groups is 1. The van der Waals surface area contributed by atoms with Crippen LogP contribution in [0.4, 0.5) is 0 Å². The smallest absolute Gasteiger partial charge is 0.194 e. The van der Waals surface area contributed by atoms with E-state index < -0.39 is 0 Å². The van der Waals surface area contributed by atoms with Crippen LogP contribution in [-0.2, 0) is 17.7 Å². The number of ether oxygens (including phenoxy) is 3. The molecule has 7 nitrogen and oxygen atoms in total. The maximum Gasteiger partial charge on any atom is 0.194 e. The summed E-state index contributed by atoms with van der Waals surface area (Å²) in [4.78, 5) is 9.80. The van der Waals surface area contributed by atoms with Gasteiger partial charge in [0, 0.05) is 45.8 Å². The number of benzene rings is 1. The number of fused-ring (bicyclic) bond motifs is 1. The quantitative estimate of drug-likeness (QED) is 0.331. The van der Waals surface area contributed by atoms with Crippen molar-refractivity contribution in [1.29, 1.82) is 0 Å². The van der Waals surface area contributed by atoms with Gasteiger partial charge in [0.05, 0.1) is 27.4 Å². The van der Waals surface area contributed by atoms with Gasteiger partial charge in [-0.1, -0.05) is 6.92 Å². The Kier molecular flexibility index (Phi) is 10.5. The summed E-state index contributed by atoms with van der Waals surface area (Å²) in [6.07, 6.45) is 0.976. The lowest BCUT2D eigenvalue weighted by Gasteiger charge is -2.33. The van der Waals surface area contributed by atoms with Gasteiger partial charge < -0.3 is 24.4 Å². The number of hydrogen-bond acceptors (Lipinski definition) is 5. The second-order valence-corrected chi connectivity index (χ2v) is 7.86. The van der Waals surface area contributed by atoms with Gasteiger partial charge in [-0.25, -0.2) is 0 Å². The Morgan fingerprint density at radius 3 is 2.43 bits per heavy atom. The third-order valence-electron chi connectivity index (χ3n) is 5.58. The molecule has 1 unspecified atom stereocenters. The molecule has 0 spiro atoms. The van der Waals surface area contributed by atoms with E-state index in [1.165, 1.54) is 11.1 Å². The van der Waals surface area contributed by atoms with Gasteiger partial charge in [-0.3, -0.25) is 9.89 Å². The highest BCUT2D eigenvalue weighted by molar-refractivity contribution is 14.0. The van der Waals surface area contributed by atoms with Gasteiger partial charge in [0.2, 0.25) is 0 Å². The molecule has 1 aromatic carbocycles. The first-order chi connectivity index (χ1) is 14.1. The molecule has 0 radical (unpaired) electrons. The lowest BCUT2D eigenvalue weighted by atomic mass is 9.99. The average Bonchev–Trinajstić information content (AvgIpc) is 2.75. The summed E-state index contributed by atoms with van der Waals surface area (Å²) >= 11 is 0. The Hall–Kier alpha value is -1.26. The number of methoxy groups -OCH3 is 2. The van der Waals surface area contributed by atoms with E-state index >= 15 is 0 Å². The Morgan fingerprint density at radius 1 is 1.13 bits per heavy atom. The minimum Gasteiger partial charge on any atom is -0.493 e. The molecule has 0 bridgehead atoms. The first kappa shape index (κ1) is 25.0. The molecule has 1 aromatic rings. The monoisotopic (exact) mass is 532 g/mol. The molecule has 1 N–H and O–H groups in total. The molecular weight excluding hydrogens is 495 g/mol. The normalized spacial score (nSPS) is 18.3. The SMILES string of the molecule is CCNC(=NCC(C)CN1CCOCC1)N1CCc2cc(OC)c(OC)cc2C1.I. The van der Waals surface area contributed by atoms with Crippen molar-refractivity contribution in [2.45, 2.75) is 26.8 Å². The number of halogens is 1. The minimum atomic E-state index is 0. The van der Waals surface area contributed by atoms with E-state index in [1.54, 1.807) is 14.2 Å². The lowest BCUT2D eigenvalue weighted by Crippen LogP contribution is -2.44. The summed E-state index contributed by atoms with van der Waals surface area (Å²) in [6, 6.07) is 4.21. The van der Waals surface area contributed by atoms with Crippen molar-refractivity contribution in [3.63, 3.8) is 0 Å². The van der Waals surface area contributed by atoms with E-state index in [0.717, 1.165) is 82.9 Å². The van der Waals surface area contributed by atoms with Crippen LogP contribution in [0.25, 0.3) is 0 Å². The minimum absolute atomic E-state index is 0. The summed E-state index contributed by atoms with van der Waals surface area (Å²) in [7, 11) is 3.37. The largest absolute Gasteiger partial charge is 0.493 e. The topological polar surface area (TPSA) is 58.6 Å². The zero-order valence-electron chi connectivity index (χ0n) is 18.8. The Bertz CT molecular complexity index is 695. The molecule has 8 heteroatoms. The van der Waals surface area contributed by atoms with Crippen LogP contribution in [0.1, 0.15) is 25.0 Å². The molecule has 30 heavy (non-hydrogen) atoms. The Balaban J connectivity index is 0.00000320. The van der Waals surface area contributed by atoms with Gasteiger partial charge in [0.15, 0.2) is 17.5 Å². The number of aliphatic imine (C=N–C) groups is 1. The van der Waals surface area contributed by atoms with E-state index in [1.807, 2.05) is 0 Å². The van der Waals surface area contributed by atoms with Crippen molar-refractivity contribution in [3.05, 3.63) is 23.3 Å². The fraction of sp³-hybridized carbons (Fsp3) is 0.682. The highest BCUT2D eigenvalue weighted by Gasteiger charge is 2.22.